The van der Waals surface area contributed by atoms with E-state index in [0.29, 0.717) is 0 Å². The third kappa shape index (κ3) is 9.81. The van der Waals surface area contributed by atoms with Crippen LogP contribution in [0, 0.1) is 6.92 Å². The van der Waals surface area contributed by atoms with Crippen molar-refractivity contribution in [1.82, 2.24) is 19.5 Å². The number of aromatic nitrogens is 4. The molecule has 5 heteroatoms. The van der Waals surface area contributed by atoms with Crippen molar-refractivity contribution in [3.63, 3.8) is 0 Å². The van der Waals surface area contributed by atoms with Crippen LogP contribution in [0.1, 0.15) is 5.56 Å². The molecule has 0 unspecified atom stereocenters. The minimum Gasteiger partial charge on any atom is -0.508 e. The van der Waals surface area contributed by atoms with Gasteiger partial charge in [0.2, 0.25) is 0 Å². The number of fused-ring (bicyclic) bond motifs is 21. The standard InChI is InChI=1S/C39H24N2.C28H19N.C27H17NO/c1-2-10-27-23-28(18-17-25(27)9-1)39-33-22-20-26-19-21-29(24-34(26)38(33)32-13-3-6-14-35(32)40-39)41-36-15-7-4-11-30(36)31-12-5-8-16-37(31)41;1-18-10-11-20-14-15-24-27(25(20)16-18)23-8-4-5-9-26(23)29-28(24)22-13-12-19-6-2-3-7-21(19)17-22;29-21-13-11-18-12-14-23-26(24(18)16-21)22-7-3-4-8-25(22)28-27(23)20-10-9-17-5-1-2-6-19(17)15-20/h1-24H;2-17H,1H3;1-16,29H. The van der Waals surface area contributed by atoms with Crippen molar-refractivity contribution in [3.05, 3.63) is 345 Å². The van der Waals surface area contributed by atoms with Crippen LogP contribution in [-0.4, -0.2) is 24.6 Å². The van der Waals surface area contributed by atoms with Gasteiger partial charge >= 0.3 is 0 Å². The highest BCUT2D eigenvalue weighted by Gasteiger charge is 2.19. The molecule has 21 rings (SSSR count). The molecule has 0 fully saturated rings. The SMILES string of the molecule is Cc1ccc2ccc3c(-c4ccc5ccccc5c4)nc4ccccc4c3c2c1.Oc1ccc2ccc3c(-c4ccc5ccccc5c4)nc4ccccc4c3c2c1.c1ccc2cc(-c3nc4ccccc4c4c3ccc3ccc(-n5c6ccccc6c6ccccc65)cc34)ccc2c1. The van der Waals surface area contributed by atoms with E-state index < -0.39 is 0 Å². The molecule has 0 spiro atoms. The molecule has 462 valence electrons. The number of nitrogens with zero attached hydrogens (tertiary/aromatic N) is 4. The summed E-state index contributed by atoms with van der Waals surface area (Å²) in [5, 5.41) is 37.9. The number of hydrogen-bond donors (Lipinski definition) is 1. The highest BCUT2D eigenvalue weighted by atomic mass is 16.3. The normalized spacial score (nSPS) is 11.7. The first-order chi connectivity index (χ1) is 48.9. The first-order valence-corrected chi connectivity index (χ1v) is 33.8. The van der Waals surface area contributed by atoms with Gasteiger partial charge in [0.15, 0.2) is 0 Å². The van der Waals surface area contributed by atoms with Crippen molar-refractivity contribution in [1.29, 1.82) is 0 Å². The first-order valence-electron chi connectivity index (χ1n) is 33.8. The van der Waals surface area contributed by atoms with Gasteiger partial charge in [0.25, 0.3) is 0 Å². The summed E-state index contributed by atoms with van der Waals surface area (Å²) in [5.74, 6) is 0.276. The van der Waals surface area contributed by atoms with E-state index in [4.69, 9.17) is 15.0 Å². The maximum absolute atomic E-state index is 10.2. The molecule has 0 saturated carbocycles. The maximum atomic E-state index is 10.2. The molecule has 17 aromatic carbocycles. The number of phenolic OH excluding ortho intramolecular Hbond substituents is 1. The van der Waals surface area contributed by atoms with Crippen LogP contribution in [0.3, 0.4) is 0 Å². The first kappa shape index (κ1) is 57.4. The number of para-hydroxylation sites is 5. The molecule has 0 aliphatic carbocycles. The average Bonchev–Trinajstić information content (AvgIpc) is 1.05. The largest absolute Gasteiger partial charge is 0.508 e. The second-order valence-electron chi connectivity index (χ2n) is 26.0. The predicted octanol–water partition coefficient (Wildman–Crippen LogP) is 25.2. The van der Waals surface area contributed by atoms with Crippen LogP contribution in [0.25, 0.3) is 191 Å². The monoisotopic (exact) mass is 1260 g/mol. The summed E-state index contributed by atoms with van der Waals surface area (Å²) in [4.78, 5) is 15.4. The van der Waals surface area contributed by atoms with Crippen LogP contribution in [-0.2, 0) is 0 Å². The van der Waals surface area contributed by atoms with E-state index in [9.17, 15) is 5.11 Å². The molecule has 4 aromatic heterocycles. The Labute approximate surface area is 570 Å². The smallest absolute Gasteiger partial charge is 0.116 e. The highest BCUT2D eigenvalue weighted by molar-refractivity contribution is 6.26. The van der Waals surface area contributed by atoms with Crippen LogP contribution in [0.5, 0.6) is 5.75 Å². The highest BCUT2D eigenvalue weighted by Crippen LogP contribution is 2.43. The van der Waals surface area contributed by atoms with Gasteiger partial charge in [-0.3, -0.25) is 0 Å². The molecule has 0 saturated heterocycles. The Morgan fingerprint density at radius 1 is 0.232 bits per heavy atom. The molecule has 4 heterocycles. The maximum Gasteiger partial charge on any atom is 0.116 e. The molecule has 0 aliphatic heterocycles. The Balaban J connectivity index is 0.000000106. The number of phenols is 1. The Bertz CT molecular complexity index is 6610. The molecular weight excluding hydrogens is 1200 g/mol. The Hall–Kier alpha value is -13.1. The van der Waals surface area contributed by atoms with E-state index in [2.05, 4.69) is 321 Å². The molecule has 21 aromatic rings. The summed E-state index contributed by atoms with van der Waals surface area (Å²) in [6.07, 6.45) is 0. The van der Waals surface area contributed by atoms with E-state index in [1.54, 1.807) is 6.07 Å². The number of aryl methyl sites for hydroxylation is 1. The van der Waals surface area contributed by atoms with Crippen molar-refractivity contribution < 1.29 is 5.11 Å². The van der Waals surface area contributed by atoms with Gasteiger partial charge in [-0.2, -0.15) is 0 Å². The number of benzene rings is 17. The summed E-state index contributed by atoms with van der Waals surface area (Å²) in [7, 11) is 0. The van der Waals surface area contributed by atoms with Crippen LogP contribution in [0.2, 0.25) is 0 Å². The van der Waals surface area contributed by atoms with E-state index in [-0.39, 0.29) is 5.75 Å². The summed E-state index contributed by atoms with van der Waals surface area (Å²) in [6.45, 7) is 2.16. The molecule has 0 amide bonds. The van der Waals surface area contributed by atoms with Gasteiger partial charge in [-0.1, -0.05) is 272 Å². The van der Waals surface area contributed by atoms with Crippen molar-refractivity contribution in [2.24, 2.45) is 0 Å². The molecule has 0 radical (unpaired) electrons. The lowest BCUT2D eigenvalue weighted by atomic mass is 9.94. The Kier molecular flexibility index (Phi) is 13.5. The van der Waals surface area contributed by atoms with Crippen molar-refractivity contribution >= 4 is 151 Å². The Morgan fingerprint density at radius 2 is 0.556 bits per heavy atom. The Morgan fingerprint density at radius 3 is 0.990 bits per heavy atom. The van der Waals surface area contributed by atoms with Crippen molar-refractivity contribution in [3.8, 4) is 45.2 Å². The fraction of sp³-hybridized carbons (Fsp3) is 0.0106. The molecule has 1 N–H and O–H groups in total. The second kappa shape index (κ2) is 23.4. The number of aromatic hydroxyl groups is 1. The number of hydrogen-bond acceptors (Lipinski definition) is 4. The lowest BCUT2D eigenvalue weighted by molar-refractivity contribution is 0.476. The molecule has 5 nitrogen and oxygen atoms in total. The lowest BCUT2D eigenvalue weighted by Crippen LogP contribution is -1.95. The summed E-state index contributed by atoms with van der Waals surface area (Å²) in [6, 6.07) is 120. The zero-order valence-electron chi connectivity index (χ0n) is 54.1. The van der Waals surface area contributed by atoms with Gasteiger partial charge in [0, 0.05) is 81.6 Å². The number of pyridine rings is 3. The number of rotatable bonds is 4. The molecule has 0 aliphatic rings. The zero-order chi connectivity index (χ0) is 65.7. The fourth-order valence-corrected chi connectivity index (χ4v) is 15.4. The van der Waals surface area contributed by atoms with Gasteiger partial charge in [-0.05, 0) is 144 Å². The lowest BCUT2D eigenvalue weighted by Gasteiger charge is -2.15. The molecule has 99 heavy (non-hydrogen) atoms. The van der Waals surface area contributed by atoms with Gasteiger partial charge < -0.3 is 9.67 Å². The molecule has 0 bridgehead atoms. The van der Waals surface area contributed by atoms with Crippen LogP contribution in [0.15, 0.2) is 340 Å². The van der Waals surface area contributed by atoms with Crippen molar-refractivity contribution in [2.75, 3.05) is 0 Å². The summed E-state index contributed by atoms with van der Waals surface area (Å²) < 4.78 is 2.40. The molecular formula is C94H60N4O. The van der Waals surface area contributed by atoms with Gasteiger partial charge in [0.05, 0.1) is 44.7 Å². The third-order valence-electron chi connectivity index (χ3n) is 20.1. The summed E-state index contributed by atoms with van der Waals surface area (Å²) >= 11 is 0. The zero-order valence-corrected chi connectivity index (χ0v) is 54.1. The van der Waals surface area contributed by atoms with Crippen LogP contribution < -0.4 is 0 Å². The quantitative estimate of drug-likeness (QED) is 0.178. The van der Waals surface area contributed by atoms with Gasteiger partial charge in [-0.25, -0.2) is 15.0 Å². The third-order valence-corrected chi connectivity index (χ3v) is 20.1. The van der Waals surface area contributed by atoms with E-state index in [1.165, 1.54) is 114 Å². The second-order valence-corrected chi connectivity index (χ2v) is 26.0. The van der Waals surface area contributed by atoms with E-state index in [1.807, 2.05) is 24.3 Å². The molecule has 0 atom stereocenters. The topological polar surface area (TPSA) is 63.8 Å². The average molecular weight is 1260 g/mol. The predicted molar refractivity (Wildman–Crippen MR) is 420 cm³/mol. The van der Waals surface area contributed by atoms with Gasteiger partial charge in [0.1, 0.15) is 5.75 Å². The summed E-state index contributed by atoms with van der Waals surface area (Å²) in [5.41, 5.74) is 14.3. The van der Waals surface area contributed by atoms with Crippen LogP contribution >= 0.6 is 0 Å². The minimum absolute atomic E-state index is 0.276. The van der Waals surface area contributed by atoms with E-state index in [0.717, 1.165) is 82.9 Å². The fourth-order valence-electron chi connectivity index (χ4n) is 15.4. The minimum atomic E-state index is 0.276. The van der Waals surface area contributed by atoms with E-state index >= 15 is 0 Å². The van der Waals surface area contributed by atoms with Crippen molar-refractivity contribution in [2.45, 2.75) is 6.92 Å². The van der Waals surface area contributed by atoms with Gasteiger partial charge in [-0.15, -0.1) is 0 Å². The van der Waals surface area contributed by atoms with Crippen LogP contribution in [0.4, 0.5) is 0 Å².